The first-order valence-corrected chi connectivity index (χ1v) is 8.00. The molecule has 0 saturated carbocycles. The van der Waals surface area contributed by atoms with Crippen molar-refractivity contribution in [1.29, 1.82) is 0 Å². The Labute approximate surface area is 162 Å². The van der Waals surface area contributed by atoms with Crippen LogP contribution in [0, 0.1) is 17.5 Å². The van der Waals surface area contributed by atoms with Crippen LogP contribution in [-0.2, 0) is 0 Å². The lowest BCUT2D eigenvalue weighted by Gasteiger charge is -2.12. The summed E-state index contributed by atoms with van der Waals surface area (Å²) in [5, 5.41) is 21.5. The Bertz CT molecular complexity index is 1030. The van der Waals surface area contributed by atoms with Gasteiger partial charge in [0, 0.05) is 11.0 Å². The molecule has 12 heteroatoms. The maximum Gasteiger partial charge on any atom is 0.491 e. The maximum absolute atomic E-state index is 14.3. The number of ether oxygens (including phenoxy) is 3. The van der Waals surface area contributed by atoms with E-state index in [2.05, 4.69) is 10.1 Å². The third-order valence-electron chi connectivity index (χ3n) is 4.03. The second-order valence-corrected chi connectivity index (χ2v) is 5.66. The van der Waals surface area contributed by atoms with Gasteiger partial charge >= 0.3 is 7.12 Å². The molecule has 3 aromatic rings. The van der Waals surface area contributed by atoms with Gasteiger partial charge in [-0.3, -0.25) is 0 Å². The molecular formula is C17H14BF3N2O6. The molecule has 0 spiro atoms. The van der Waals surface area contributed by atoms with Crippen molar-refractivity contribution in [3.63, 3.8) is 0 Å². The zero-order valence-corrected chi connectivity index (χ0v) is 15.4. The monoisotopic (exact) mass is 410 g/mol. The van der Waals surface area contributed by atoms with Crippen LogP contribution in [0.3, 0.4) is 0 Å². The summed E-state index contributed by atoms with van der Waals surface area (Å²) in [7, 11) is 1.81. The van der Waals surface area contributed by atoms with Gasteiger partial charge < -0.3 is 28.8 Å². The smallest absolute Gasteiger partial charge is 0.491 e. The molecule has 0 aliphatic heterocycles. The van der Waals surface area contributed by atoms with Crippen LogP contribution >= 0.6 is 0 Å². The molecule has 1 heterocycles. The van der Waals surface area contributed by atoms with Crippen molar-refractivity contribution >= 4 is 12.6 Å². The minimum Gasteiger partial charge on any atom is -0.493 e. The summed E-state index contributed by atoms with van der Waals surface area (Å²) < 4.78 is 63.2. The summed E-state index contributed by atoms with van der Waals surface area (Å²) in [5.41, 5.74) is -1.60. The number of methoxy groups -OCH3 is 3. The molecule has 8 nitrogen and oxygen atoms in total. The maximum atomic E-state index is 14.3. The summed E-state index contributed by atoms with van der Waals surface area (Å²) in [5.74, 6) is -4.54. The summed E-state index contributed by atoms with van der Waals surface area (Å²) >= 11 is 0. The predicted octanol–water partition coefficient (Wildman–Crippen LogP) is 1.53. The highest BCUT2D eigenvalue weighted by molar-refractivity contribution is 6.58. The average Bonchev–Trinajstić information content (AvgIpc) is 3.19. The van der Waals surface area contributed by atoms with Crippen molar-refractivity contribution in [3.8, 4) is 40.1 Å². The van der Waals surface area contributed by atoms with E-state index in [4.69, 9.17) is 28.8 Å². The zero-order valence-electron chi connectivity index (χ0n) is 15.4. The van der Waals surface area contributed by atoms with Crippen LogP contribution in [0.5, 0.6) is 17.2 Å². The minimum atomic E-state index is -2.40. The fraction of sp³-hybridized carbons (Fsp3) is 0.176. The lowest BCUT2D eigenvalue weighted by atomic mass is 9.79. The van der Waals surface area contributed by atoms with Gasteiger partial charge in [-0.25, -0.2) is 13.2 Å². The summed E-state index contributed by atoms with van der Waals surface area (Å²) in [4.78, 5) is 3.89. The van der Waals surface area contributed by atoms with E-state index in [1.165, 1.54) is 33.5 Å². The van der Waals surface area contributed by atoms with Crippen molar-refractivity contribution in [1.82, 2.24) is 10.1 Å². The Balaban J connectivity index is 2.11. The van der Waals surface area contributed by atoms with Crippen LogP contribution in [0.15, 0.2) is 22.7 Å². The van der Waals surface area contributed by atoms with Gasteiger partial charge in [-0.05, 0) is 18.2 Å². The van der Waals surface area contributed by atoms with Crippen LogP contribution < -0.4 is 19.7 Å². The van der Waals surface area contributed by atoms with Gasteiger partial charge in [0.25, 0.3) is 5.89 Å². The van der Waals surface area contributed by atoms with Crippen molar-refractivity contribution in [2.45, 2.75) is 0 Å². The van der Waals surface area contributed by atoms with Crippen LogP contribution in [0.2, 0.25) is 0 Å². The van der Waals surface area contributed by atoms with E-state index < -0.39 is 41.4 Å². The molecule has 3 rings (SSSR count). The molecule has 0 atom stereocenters. The first-order chi connectivity index (χ1) is 13.8. The van der Waals surface area contributed by atoms with Gasteiger partial charge in [-0.15, -0.1) is 0 Å². The number of aromatic nitrogens is 2. The van der Waals surface area contributed by atoms with Gasteiger partial charge in [0.1, 0.15) is 5.82 Å². The second kappa shape index (κ2) is 8.01. The first-order valence-electron chi connectivity index (χ1n) is 8.00. The molecule has 0 saturated heterocycles. The Morgan fingerprint density at radius 2 is 1.55 bits per heavy atom. The molecule has 29 heavy (non-hydrogen) atoms. The Morgan fingerprint density at radius 1 is 0.931 bits per heavy atom. The molecule has 2 N–H and O–H groups in total. The van der Waals surface area contributed by atoms with Crippen LogP contribution in [0.25, 0.3) is 22.8 Å². The molecule has 2 aromatic carbocycles. The molecule has 0 bridgehead atoms. The van der Waals surface area contributed by atoms with E-state index in [1.54, 1.807) is 0 Å². The highest BCUT2D eigenvalue weighted by atomic mass is 19.2. The van der Waals surface area contributed by atoms with E-state index in [9.17, 15) is 13.2 Å². The van der Waals surface area contributed by atoms with Gasteiger partial charge in [0.05, 0.1) is 26.9 Å². The number of nitrogens with zero attached hydrogens (tertiary/aromatic N) is 2. The third kappa shape index (κ3) is 3.59. The molecule has 0 fully saturated rings. The topological polar surface area (TPSA) is 107 Å². The van der Waals surface area contributed by atoms with E-state index in [1.807, 2.05) is 0 Å². The third-order valence-corrected chi connectivity index (χ3v) is 4.03. The van der Waals surface area contributed by atoms with Crippen molar-refractivity contribution in [2.75, 3.05) is 21.3 Å². The van der Waals surface area contributed by atoms with Crippen LogP contribution in [0.4, 0.5) is 13.2 Å². The minimum absolute atomic E-state index is 0.162. The van der Waals surface area contributed by atoms with E-state index in [0.29, 0.717) is 11.8 Å². The van der Waals surface area contributed by atoms with Gasteiger partial charge in [-0.2, -0.15) is 4.98 Å². The average molecular weight is 410 g/mol. The van der Waals surface area contributed by atoms with E-state index in [0.717, 1.165) is 0 Å². The molecule has 0 amide bonds. The number of halogens is 3. The highest BCUT2D eigenvalue weighted by Gasteiger charge is 2.28. The number of hydrogen-bond donors (Lipinski definition) is 2. The number of rotatable bonds is 6. The van der Waals surface area contributed by atoms with Crippen molar-refractivity contribution in [3.05, 3.63) is 35.7 Å². The van der Waals surface area contributed by atoms with Crippen LogP contribution in [0.1, 0.15) is 0 Å². The molecule has 152 valence electrons. The summed E-state index contributed by atoms with van der Waals surface area (Å²) in [6, 6.07) is 3.38. The van der Waals surface area contributed by atoms with E-state index in [-0.39, 0.29) is 23.0 Å². The summed E-state index contributed by atoms with van der Waals surface area (Å²) in [6.45, 7) is 0. The van der Waals surface area contributed by atoms with Crippen molar-refractivity contribution < 1.29 is 42.0 Å². The molecular weight excluding hydrogens is 396 g/mol. The predicted molar refractivity (Wildman–Crippen MR) is 94.5 cm³/mol. The number of hydrogen-bond acceptors (Lipinski definition) is 8. The molecule has 1 aromatic heterocycles. The Morgan fingerprint density at radius 3 is 2.07 bits per heavy atom. The van der Waals surface area contributed by atoms with Gasteiger partial charge in [-0.1, -0.05) is 5.16 Å². The number of benzene rings is 2. The molecule has 0 radical (unpaired) electrons. The zero-order chi connectivity index (χ0) is 21.3. The molecule has 0 aliphatic carbocycles. The largest absolute Gasteiger partial charge is 0.493 e. The second-order valence-electron chi connectivity index (χ2n) is 5.66. The normalized spacial score (nSPS) is 10.8. The standard InChI is InChI=1S/C17H14BF3N2O6/c1-26-10-4-7(5-11(27-2)15(10)28-3)17-22-16(23-29-17)12-9(19)6-8(18(24)25)13(20)14(12)21/h4-6,24-25H,1-3H3. The highest BCUT2D eigenvalue weighted by Crippen LogP contribution is 2.41. The fourth-order valence-corrected chi connectivity index (χ4v) is 2.65. The van der Waals surface area contributed by atoms with Crippen molar-refractivity contribution in [2.24, 2.45) is 0 Å². The quantitative estimate of drug-likeness (QED) is 0.466. The lowest BCUT2D eigenvalue weighted by molar-refractivity contribution is 0.324. The Hall–Kier alpha value is -3.25. The first kappa shape index (κ1) is 20.5. The molecule has 0 unspecified atom stereocenters. The van der Waals surface area contributed by atoms with E-state index >= 15 is 0 Å². The summed E-state index contributed by atoms with van der Waals surface area (Å²) in [6.07, 6.45) is 0. The van der Waals surface area contributed by atoms with Gasteiger partial charge in [0.2, 0.25) is 11.6 Å². The fourth-order valence-electron chi connectivity index (χ4n) is 2.65. The Kier molecular flexibility index (Phi) is 5.66. The van der Waals surface area contributed by atoms with Crippen LogP contribution in [-0.4, -0.2) is 48.6 Å². The van der Waals surface area contributed by atoms with Gasteiger partial charge in [0.15, 0.2) is 23.1 Å². The SMILES string of the molecule is COc1cc(-c2nc(-c3c(F)cc(B(O)O)c(F)c3F)no2)cc(OC)c1OC. The molecule has 0 aliphatic rings. The lowest BCUT2D eigenvalue weighted by Crippen LogP contribution is -2.34.